The number of aryl methyl sites for hydroxylation is 2. The Kier molecular flexibility index (Phi) is 4.23. The number of anilines is 1. The molecule has 0 unspecified atom stereocenters. The number of nitrogens with zero attached hydrogens (tertiary/aromatic N) is 2. The Morgan fingerprint density at radius 2 is 1.88 bits per heavy atom. The number of hydrogen-bond acceptors (Lipinski definition) is 2. The van der Waals surface area contributed by atoms with Crippen LogP contribution < -0.4 is 5.32 Å². The molecule has 0 fully saturated rings. The second-order valence-electron chi connectivity index (χ2n) is 6.89. The van der Waals surface area contributed by atoms with Crippen LogP contribution >= 0.6 is 0 Å². The lowest BCUT2D eigenvalue weighted by atomic mass is 10.0. The monoisotopic (exact) mass is 353 g/mol. The number of hydrogen-bond donors (Lipinski definition) is 1. The van der Waals surface area contributed by atoms with E-state index in [2.05, 4.69) is 23.5 Å². The maximum absolute atomic E-state index is 14.5. The smallest absolute Gasteiger partial charge is 0.135 e. The van der Waals surface area contributed by atoms with Gasteiger partial charge in [0.15, 0.2) is 0 Å². The quantitative estimate of drug-likeness (QED) is 0.688. The van der Waals surface area contributed by atoms with Gasteiger partial charge >= 0.3 is 0 Å². The molecule has 4 rings (SSSR count). The van der Waals surface area contributed by atoms with Crippen LogP contribution in [0.2, 0.25) is 0 Å². The van der Waals surface area contributed by atoms with Gasteiger partial charge in [0.1, 0.15) is 23.1 Å². The maximum Gasteiger partial charge on any atom is 0.135 e. The summed E-state index contributed by atoms with van der Waals surface area (Å²) in [5, 5.41) is 8.22. The second kappa shape index (κ2) is 6.56. The number of benzene rings is 2. The molecule has 2 aromatic carbocycles. The van der Waals surface area contributed by atoms with Crippen molar-refractivity contribution in [2.45, 2.75) is 33.1 Å². The molecule has 134 valence electrons. The SMILES string of the molecule is Cc1ccc(C)c(-n2nc(-c3ccc(F)cc3F)c3c2NCCCC3)c1. The van der Waals surface area contributed by atoms with Crippen molar-refractivity contribution in [3.63, 3.8) is 0 Å². The minimum Gasteiger partial charge on any atom is -0.370 e. The summed E-state index contributed by atoms with van der Waals surface area (Å²) in [6, 6.07) is 9.89. The molecule has 3 aromatic rings. The Bertz CT molecular complexity index is 976. The van der Waals surface area contributed by atoms with Crippen LogP contribution in [-0.2, 0) is 6.42 Å². The van der Waals surface area contributed by atoms with Gasteiger partial charge in [0.2, 0.25) is 0 Å². The highest BCUT2D eigenvalue weighted by molar-refractivity contribution is 5.72. The lowest BCUT2D eigenvalue weighted by Crippen LogP contribution is -2.08. The molecule has 1 aliphatic rings. The van der Waals surface area contributed by atoms with Crippen LogP contribution in [0.1, 0.15) is 29.5 Å². The molecule has 0 atom stereocenters. The highest BCUT2D eigenvalue weighted by atomic mass is 19.1. The first-order valence-corrected chi connectivity index (χ1v) is 8.93. The van der Waals surface area contributed by atoms with Crippen LogP contribution in [0.4, 0.5) is 14.6 Å². The Labute approximate surface area is 151 Å². The van der Waals surface area contributed by atoms with Crippen molar-refractivity contribution in [1.29, 1.82) is 0 Å². The third kappa shape index (κ3) is 2.87. The minimum absolute atomic E-state index is 0.343. The van der Waals surface area contributed by atoms with Crippen LogP contribution in [0, 0.1) is 25.5 Å². The van der Waals surface area contributed by atoms with Crippen molar-refractivity contribution in [3.8, 4) is 16.9 Å². The molecule has 0 saturated heterocycles. The molecule has 5 heteroatoms. The first kappa shape index (κ1) is 16.8. The number of rotatable bonds is 2. The Morgan fingerprint density at radius 1 is 1.04 bits per heavy atom. The van der Waals surface area contributed by atoms with Gasteiger partial charge in [0.25, 0.3) is 0 Å². The number of aromatic nitrogens is 2. The predicted octanol–water partition coefficient (Wildman–Crippen LogP) is 5.18. The molecule has 0 bridgehead atoms. The standard InChI is InChI=1S/C21H21F2N3/c1-13-6-7-14(2)19(11-13)26-21-17(5-3-4-10-24-21)20(25-26)16-9-8-15(22)12-18(16)23/h6-9,11-12,24H,3-5,10H2,1-2H3. The van der Waals surface area contributed by atoms with E-state index >= 15 is 0 Å². The van der Waals surface area contributed by atoms with Crippen molar-refractivity contribution < 1.29 is 8.78 Å². The van der Waals surface area contributed by atoms with Crippen LogP contribution in [0.3, 0.4) is 0 Å². The average Bonchev–Trinajstić information content (AvgIpc) is 2.78. The van der Waals surface area contributed by atoms with E-state index in [1.54, 1.807) is 0 Å². The summed E-state index contributed by atoms with van der Waals surface area (Å²) in [7, 11) is 0. The minimum atomic E-state index is -0.581. The molecule has 1 aromatic heterocycles. The van der Waals surface area contributed by atoms with E-state index in [0.29, 0.717) is 11.3 Å². The summed E-state index contributed by atoms with van der Waals surface area (Å²) < 4.78 is 29.7. The third-order valence-electron chi connectivity index (χ3n) is 4.91. The maximum atomic E-state index is 14.5. The predicted molar refractivity (Wildman–Crippen MR) is 99.8 cm³/mol. The van der Waals surface area contributed by atoms with E-state index in [1.165, 1.54) is 12.1 Å². The van der Waals surface area contributed by atoms with Gasteiger partial charge in [0.05, 0.1) is 5.69 Å². The molecule has 1 N–H and O–H groups in total. The largest absolute Gasteiger partial charge is 0.370 e. The van der Waals surface area contributed by atoms with E-state index in [-0.39, 0.29) is 0 Å². The summed E-state index contributed by atoms with van der Waals surface area (Å²) in [5.41, 5.74) is 5.14. The highest BCUT2D eigenvalue weighted by Gasteiger charge is 2.24. The molecule has 0 aliphatic carbocycles. The van der Waals surface area contributed by atoms with Crippen molar-refractivity contribution in [1.82, 2.24) is 9.78 Å². The van der Waals surface area contributed by atoms with Gasteiger partial charge in [0, 0.05) is 23.7 Å². The first-order valence-electron chi connectivity index (χ1n) is 8.93. The Morgan fingerprint density at radius 3 is 2.69 bits per heavy atom. The van der Waals surface area contributed by atoms with Crippen molar-refractivity contribution >= 4 is 5.82 Å². The van der Waals surface area contributed by atoms with Crippen molar-refractivity contribution in [3.05, 3.63) is 64.7 Å². The molecule has 2 heterocycles. The average molecular weight is 353 g/mol. The molecule has 1 aliphatic heterocycles. The van der Waals surface area contributed by atoms with Gasteiger partial charge in [-0.2, -0.15) is 5.10 Å². The van der Waals surface area contributed by atoms with Gasteiger partial charge in [-0.1, -0.05) is 12.1 Å². The molecule has 26 heavy (non-hydrogen) atoms. The van der Waals surface area contributed by atoms with Gasteiger partial charge in [-0.05, 0) is 62.4 Å². The highest BCUT2D eigenvalue weighted by Crippen LogP contribution is 2.35. The lowest BCUT2D eigenvalue weighted by molar-refractivity contribution is 0.585. The van der Waals surface area contributed by atoms with E-state index in [0.717, 1.165) is 60.1 Å². The summed E-state index contributed by atoms with van der Waals surface area (Å²) in [6.07, 6.45) is 2.88. The van der Waals surface area contributed by atoms with Crippen molar-refractivity contribution in [2.75, 3.05) is 11.9 Å². The zero-order valence-corrected chi connectivity index (χ0v) is 14.9. The molecular weight excluding hydrogens is 332 g/mol. The van der Waals surface area contributed by atoms with E-state index in [9.17, 15) is 8.78 Å². The number of halogens is 2. The van der Waals surface area contributed by atoms with E-state index in [1.807, 2.05) is 18.5 Å². The zero-order chi connectivity index (χ0) is 18.3. The third-order valence-corrected chi connectivity index (χ3v) is 4.91. The first-order chi connectivity index (χ1) is 12.5. The van der Waals surface area contributed by atoms with Crippen LogP contribution in [-0.4, -0.2) is 16.3 Å². The summed E-state index contributed by atoms with van der Waals surface area (Å²) >= 11 is 0. The molecule has 0 saturated carbocycles. The fourth-order valence-electron chi connectivity index (χ4n) is 3.52. The second-order valence-corrected chi connectivity index (χ2v) is 6.89. The number of nitrogens with one attached hydrogen (secondary N) is 1. The fraction of sp³-hybridized carbons (Fsp3) is 0.286. The molecule has 0 spiro atoms. The summed E-state index contributed by atoms with van der Waals surface area (Å²) in [4.78, 5) is 0. The van der Waals surface area contributed by atoms with Gasteiger partial charge in [-0.15, -0.1) is 0 Å². The molecule has 0 radical (unpaired) electrons. The van der Waals surface area contributed by atoms with Gasteiger partial charge < -0.3 is 5.32 Å². The van der Waals surface area contributed by atoms with Gasteiger partial charge in [-0.3, -0.25) is 0 Å². The Balaban J connectivity index is 1.96. The van der Waals surface area contributed by atoms with Crippen LogP contribution in [0.5, 0.6) is 0 Å². The van der Waals surface area contributed by atoms with E-state index < -0.39 is 11.6 Å². The molecule has 3 nitrogen and oxygen atoms in total. The summed E-state index contributed by atoms with van der Waals surface area (Å²) in [6.45, 7) is 4.94. The lowest BCUT2D eigenvalue weighted by Gasteiger charge is -2.12. The molecular formula is C21H21F2N3. The van der Waals surface area contributed by atoms with Crippen LogP contribution in [0.25, 0.3) is 16.9 Å². The van der Waals surface area contributed by atoms with Gasteiger partial charge in [-0.25, -0.2) is 13.5 Å². The molecule has 0 amide bonds. The van der Waals surface area contributed by atoms with Crippen molar-refractivity contribution in [2.24, 2.45) is 0 Å². The zero-order valence-electron chi connectivity index (χ0n) is 14.9. The normalized spacial score (nSPS) is 13.8. The fourth-order valence-corrected chi connectivity index (χ4v) is 3.52. The summed E-state index contributed by atoms with van der Waals surface area (Å²) in [5.74, 6) is -0.248. The number of fused-ring (bicyclic) bond motifs is 1. The topological polar surface area (TPSA) is 29.9 Å². The van der Waals surface area contributed by atoms with Crippen LogP contribution in [0.15, 0.2) is 36.4 Å². The Hall–Kier alpha value is -2.69. The van der Waals surface area contributed by atoms with E-state index in [4.69, 9.17) is 5.10 Å².